The van der Waals surface area contributed by atoms with E-state index in [9.17, 15) is 4.79 Å². The largest absolute Gasteiger partial charge is 0.370 e. The van der Waals surface area contributed by atoms with Crippen molar-refractivity contribution in [2.75, 3.05) is 6.61 Å². The van der Waals surface area contributed by atoms with Gasteiger partial charge in [-0.05, 0) is 26.2 Å². The van der Waals surface area contributed by atoms with Gasteiger partial charge in [0.15, 0.2) is 5.82 Å². The van der Waals surface area contributed by atoms with Gasteiger partial charge in [-0.2, -0.15) is 0 Å². The van der Waals surface area contributed by atoms with E-state index in [1.807, 2.05) is 0 Å². The molecule has 1 N–H and O–H groups in total. The average molecular weight is 302 g/mol. The molecule has 0 saturated carbocycles. The molecule has 0 aliphatic carbocycles. The number of ether oxygens (including phenoxy) is 1. The molecule has 2 aromatic heterocycles. The van der Waals surface area contributed by atoms with Crippen LogP contribution in [0.5, 0.6) is 0 Å². The summed E-state index contributed by atoms with van der Waals surface area (Å²) in [4.78, 5) is 20.5. The molecule has 1 saturated heterocycles. The van der Waals surface area contributed by atoms with Crippen LogP contribution in [-0.4, -0.2) is 27.6 Å². The lowest BCUT2D eigenvalue weighted by Gasteiger charge is -2.21. The van der Waals surface area contributed by atoms with Gasteiger partial charge < -0.3 is 14.6 Å². The summed E-state index contributed by atoms with van der Waals surface area (Å²) >= 11 is 0. The highest BCUT2D eigenvalue weighted by molar-refractivity contribution is 5.91. The Morgan fingerprint density at radius 3 is 2.82 bits per heavy atom. The average Bonchev–Trinajstić information content (AvgIpc) is 3.00. The molecular formula is C15H18N4O3. The molecule has 7 heteroatoms. The Morgan fingerprint density at radius 1 is 1.36 bits per heavy atom. The molecule has 1 fully saturated rings. The standard InChI is InChI=1S/C15H18N4O3/c1-10-6-13(22-19-10)15(20)18-9-11-7-16-14(17-8-11)12-4-2-3-5-21-12/h6-8,12H,2-5,9H2,1H3,(H,18,20). The van der Waals surface area contributed by atoms with Gasteiger partial charge in [0.25, 0.3) is 5.91 Å². The summed E-state index contributed by atoms with van der Waals surface area (Å²) in [5.41, 5.74) is 1.49. The Kier molecular flexibility index (Phi) is 4.43. The van der Waals surface area contributed by atoms with Gasteiger partial charge in [-0.1, -0.05) is 5.16 Å². The minimum absolute atomic E-state index is 0.00504. The van der Waals surface area contributed by atoms with Crippen LogP contribution in [0.1, 0.15) is 53.0 Å². The minimum Gasteiger partial charge on any atom is -0.370 e. The van der Waals surface area contributed by atoms with E-state index < -0.39 is 0 Å². The quantitative estimate of drug-likeness (QED) is 0.928. The Bertz CT molecular complexity index is 632. The lowest BCUT2D eigenvalue weighted by atomic mass is 10.1. The Hall–Kier alpha value is -2.28. The van der Waals surface area contributed by atoms with Crippen LogP contribution < -0.4 is 5.32 Å². The Balaban J connectivity index is 1.55. The zero-order valence-electron chi connectivity index (χ0n) is 12.4. The molecule has 1 aliphatic heterocycles. The molecule has 1 amide bonds. The summed E-state index contributed by atoms with van der Waals surface area (Å²) in [7, 11) is 0. The van der Waals surface area contributed by atoms with E-state index in [0.717, 1.165) is 31.4 Å². The van der Waals surface area contributed by atoms with Crippen LogP contribution >= 0.6 is 0 Å². The number of amides is 1. The van der Waals surface area contributed by atoms with Crippen LogP contribution in [0.15, 0.2) is 23.0 Å². The molecule has 116 valence electrons. The minimum atomic E-state index is -0.305. The molecule has 3 heterocycles. The molecule has 0 radical (unpaired) electrons. The molecule has 1 unspecified atom stereocenters. The molecule has 1 atom stereocenters. The maximum Gasteiger partial charge on any atom is 0.290 e. The fourth-order valence-electron chi connectivity index (χ4n) is 2.31. The first kappa shape index (κ1) is 14.6. The van der Waals surface area contributed by atoms with Crippen molar-refractivity contribution < 1.29 is 14.1 Å². The highest BCUT2D eigenvalue weighted by Crippen LogP contribution is 2.24. The van der Waals surface area contributed by atoms with Gasteiger partial charge in [0.1, 0.15) is 6.10 Å². The van der Waals surface area contributed by atoms with Gasteiger partial charge in [0, 0.05) is 37.2 Å². The SMILES string of the molecule is Cc1cc(C(=O)NCc2cnc(C3CCCCO3)nc2)on1. The summed E-state index contributed by atoms with van der Waals surface area (Å²) < 4.78 is 10.6. The molecule has 0 aromatic carbocycles. The van der Waals surface area contributed by atoms with Crippen molar-refractivity contribution in [2.45, 2.75) is 38.8 Å². The summed E-state index contributed by atoms with van der Waals surface area (Å²) in [5.74, 6) is 0.603. The molecule has 2 aromatic rings. The summed E-state index contributed by atoms with van der Waals surface area (Å²) in [6, 6.07) is 1.59. The molecule has 1 aliphatic rings. The van der Waals surface area contributed by atoms with Gasteiger partial charge in [-0.25, -0.2) is 9.97 Å². The first-order valence-corrected chi connectivity index (χ1v) is 7.36. The van der Waals surface area contributed by atoms with Crippen LogP contribution in [0.25, 0.3) is 0 Å². The molecule has 7 nitrogen and oxygen atoms in total. The van der Waals surface area contributed by atoms with Crippen LogP contribution in [0.2, 0.25) is 0 Å². The normalized spacial score (nSPS) is 18.1. The predicted octanol–water partition coefficient (Wildman–Crippen LogP) is 1.94. The van der Waals surface area contributed by atoms with Crippen LogP contribution in [0.4, 0.5) is 0 Å². The zero-order valence-corrected chi connectivity index (χ0v) is 12.4. The van der Waals surface area contributed by atoms with E-state index in [2.05, 4.69) is 20.4 Å². The van der Waals surface area contributed by atoms with Gasteiger partial charge in [0.2, 0.25) is 5.76 Å². The van der Waals surface area contributed by atoms with Crippen molar-refractivity contribution in [3.8, 4) is 0 Å². The number of hydrogen-bond donors (Lipinski definition) is 1. The number of nitrogens with zero attached hydrogens (tertiary/aromatic N) is 3. The van der Waals surface area contributed by atoms with Crippen molar-refractivity contribution in [1.29, 1.82) is 0 Å². The highest BCUT2D eigenvalue weighted by Gasteiger charge is 2.18. The van der Waals surface area contributed by atoms with Crippen molar-refractivity contribution in [2.24, 2.45) is 0 Å². The molecule has 0 bridgehead atoms. The number of carbonyl (C=O) groups excluding carboxylic acids is 1. The van der Waals surface area contributed by atoms with Gasteiger partial charge >= 0.3 is 0 Å². The lowest BCUT2D eigenvalue weighted by Crippen LogP contribution is -2.22. The third kappa shape index (κ3) is 3.48. The first-order chi connectivity index (χ1) is 10.7. The van der Waals surface area contributed by atoms with Crippen LogP contribution in [0.3, 0.4) is 0 Å². The summed E-state index contributed by atoms with van der Waals surface area (Å²) in [6.45, 7) is 2.87. The van der Waals surface area contributed by atoms with E-state index in [0.29, 0.717) is 18.1 Å². The summed E-state index contributed by atoms with van der Waals surface area (Å²) in [5, 5.41) is 6.43. The second kappa shape index (κ2) is 6.65. The van der Waals surface area contributed by atoms with Crippen molar-refractivity contribution in [3.63, 3.8) is 0 Å². The third-order valence-electron chi connectivity index (χ3n) is 3.50. The second-order valence-corrected chi connectivity index (χ2v) is 5.32. The van der Waals surface area contributed by atoms with E-state index in [4.69, 9.17) is 9.26 Å². The number of carbonyl (C=O) groups is 1. The van der Waals surface area contributed by atoms with E-state index in [-0.39, 0.29) is 17.8 Å². The Labute approximate surface area is 128 Å². The maximum absolute atomic E-state index is 11.8. The number of rotatable bonds is 4. The number of nitrogens with one attached hydrogen (secondary N) is 1. The lowest BCUT2D eigenvalue weighted by molar-refractivity contribution is 0.00940. The summed E-state index contributed by atoms with van der Waals surface area (Å²) in [6.07, 6.45) is 6.62. The topological polar surface area (TPSA) is 90.1 Å². The third-order valence-corrected chi connectivity index (χ3v) is 3.50. The zero-order chi connectivity index (χ0) is 15.4. The van der Waals surface area contributed by atoms with Gasteiger partial charge in [0.05, 0.1) is 5.69 Å². The van der Waals surface area contributed by atoms with E-state index in [1.54, 1.807) is 25.4 Å². The van der Waals surface area contributed by atoms with E-state index in [1.165, 1.54) is 0 Å². The number of aryl methyl sites for hydroxylation is 1. The Morgan fingerprint density at radius 2 is 2.18 bits per heavy atom. The molecule has 3 rings (SSSR count). The van der Waals surface area contributed by atoms with Gasteiger partial charge in [-0.15, -0.1) is 0 Å². The predicted molar refractivity (Wildman–Crippen MR) is 77.0 cm³/mol. The highest BCUT2D eigenvalue weighted by atomic mass is 16.5. The molecule has 0 spiro atoms. The van der Waals surface area contributed by atoms with Gasteiger partial charge in [-0.3, -0.25) is 4.79 Å². The number of aromatic nitrogens is 3. The monoisotopic (exact) mass is 302 g/mol. The smallest absolute Gasteiger partial charge is 0.290 e. The second-order valence-electron chi connectivity index (χ2n) is 5.32. The maximum atomic E-state index is 11.8. The molecule has 22 heavy (non-hydrogen) atoms. The first-order valence-electron chi connectivity index (χ1n) is 7.36. The number of hydrogen-bond acceptors (Lipinski definition) is 6. The fourth-order valence-corrected chi connectivity index (χ4v) is 2.31. The fraction of sp³-hybridized carbons (Fsp3) is 0.467. The van der Waals surface area contributed by atoms with Crippen molar-refractivity contribution >= 4 is 5.91 Å². The molecular weight excluding hydrogens is 284 g/mol. The van der Waals surface area contributed by atoms with Crippen molar-refractivity contribution in [1.82, 2.24) is 20.4 Å². The van der Waals surface area contributed by atoms with Crippen molar-refractivity contribution in [3.05, 3.63) is 41.3 Å². The van der Waals surface area contributed by atoms with Crippen LogP contribution in [-0.2, 0) is 11.3 Å². The van der Waals surface area contributed by atoms with Crippen LogP contribution in [0, 0.1) is 6.92 Å². The van der Waals surface area contributed by atoms with E-state index >= 15 is 0 Å².